The third-order valence-electron chi connectivity index (χ3n) is 3.29. The number of benzene rings is 2. The number of allylic oxidation sites excluding steroid dienone is 3. The van der Waals surface area contributed by atoms with Gasteiger partial charge in [-0.25, -0.2) is 0 Å². The lowest BCUT2D eigenvalue weighted by Crippen LogP contribution is -1.97. The second-order valence-corrected chi connectivity index (χ2v) is 4.82. The van der Waals surface area contributed by atoms with Crippen LogP contribution in [0.3, 0.4) is 0 Å². The second-order valence-electron chi connectivity index (χ2n) is 4.82. The normalized spacial score (nSPS) is 15.1. The lowest BCUT2D eigenvalue weighted by Gasteiger charge is -2.03. The van der Waals surface area contributed by atoms with Crippen LogP contribution < -0.4 is 9.47 Å². The maximum atomic E-state index is 12.2. The minimum atomic E-state index is -0.101. The van der Waals surface area contributed by atoms with Crippen LogP contribution in [-0.4, -0.2) is 12.4 Å². The predicted octanol–water partition coefficient (Wildman–Crippen LogP) is 4.26. The van der Waals surface area contributed by atoms with Gasteiger partial charge in [0.05, 0.1) is 12.2 Å². The van der Waals surface area contributed by atoms with E-state index < -0.39 is 0 Å². The number of fused-ring (bicyclic) bond motifs is 1. The van der Waals surface area contributed by atoms with Crippen LogP contribution in [0.1, 0.15) is 22.8 Å². The minimum Gasteiger partial charge on any atom is -0.494 e. The highest BCUT2D eigenvalue weighted by Gasteiger charge is 2.27. The predicted molar refractivity (Wildman–Crippen MR) is 86.1 cm³/mol. The van der Waals surface area contributed by atoms with Gasteiger partial charge in [0.1, 0.15) is 11.5 Å². The van der Waals surface area contributed by atoms with Crippen LogP contribution in [0.25, 0.3) is 6.08 Å². The van der Waals surface area contributed by atoms with Crippen molar-refractivity contribution in [3.8, 4) is 11.5 Å². The Morgan fingerprint density at radius 2 is 1.95 bits per heavy atom. The lowest BCUT2D eigenvalue weighted by molar-refractivity contribution is 0.101. The zero-order valence-corrected chi connectivity index (χ0v) is 12.3. The highest BCUT2D eigenvalue weighted by molar-refractivity contribution is 6.12. The fourth-order valence-electron chi connectivity index (χ4n) is 2.25. The first-order valence-corrected chi connectivity index (χ1v) is 7.21. The van der Waals surface area contributed by atoms with Crippen LogP contribution >= 0.6 is 0 Å². The molecule has 110 valence electrons. The Morgan fingerprint density at radius 1 is 1.14 bits per heavy atom. The van der Waals surface area contributed by atoms with E-state index in [2.05, 4.69) is 0 Å². The number of ether oxygens (including phenoxy) is 2. The Bertz CT molecular complexity index is 743. The van der Waals surface area contributed by atoms with Gasteiger partial charge in [-0.1, -0.05) is 42.5 Å². The number of rotatable bonds is 4. The van der Waals surface area contributed by atoms with Crippen molar-refractivity contribution in [1.82, 2.24) is 0 Å². The van der Waals surface area contributed by atoms with Gasteiger partial charge in [0.15, 0.2) is 5.76 Å². The summed E-state index contributed by atoms with van der Waals surface area (Å²) in [6.45, 7) is 2.49. The van der Waals surface area contributed by atoms with E-state index in [9.17, 15) is 4.79 Å². The zero-order chi connectivity index (χ0) is 15.4. The van der Waals surface area contributed by atoms with Crippen molar-refractivity contribution >= 4 is 11.9 Å². The number of hydrogen-bond donors (Lipinski definition) is 0. The first kappa shape index (κ1) is 14.1. The van der Waals surface area contributed by atoms with Gasteiger partial charge < -0.3 is 9.47 Å². The highest BCUT2D eigenvalue weighted by Crippen LogP contribution is 2.34. The minimum absolute atomic E-state index is 0.101. The first-order chi connectivity index (χ1) is 10.8. The maximum absolute atomic E-state index is 12.2. The van der Waals surface area contributed by atoms with Crippen LogP contribution in [-0.2, 0) is 0 Å². The monoisotopic (exact) mass is 292 g/mol. The molecule has 1 aliphatic heterocycles. The summed E-state index contributed by atoms with van der Waals surface area (Å²) in [5.41, 5.74) is 1.64. The molecule has 2 aromatic carbocycles. The fourth-order valence-corrected chi connectivity index (χ4v) is 2.25. The number of hydrogen-bond acceptors (Lipinski definition) is 3. The lowest BCUT2D eigenvalue weighted by atomic mass is 10.1. The van der Waals surface area contributed by atoms with Gasteiger partial charge in [-0.3, -0.25) is 4.79 Å². The van der Waals surface area contributed by atoms with Crippen molar-refractivity contribution in [1.29, 1.82) is 0 Å². The van der Waals surface area contributed by atoms with Crippen molar-refractivity contribution in [2.45, 2.75) is 6.92 Å². The molecular weight excluding hydrogens is 276 g/mol. The Morgan fingerprint density at radius 3 is 2.73 bits per heavy atom. The average Bonchev–Trinajstić information content (AvgIpc) is 2.85. The van der Waals surface area contributed by atoms with E-state index >= 15 is 0 Å². The van der Waals surface area contributed by atoms with Crippen LogP contribution in [0.2, 0.25) is 0 Å². The quantitative estimate of drug-likeness (QED) is 0.790. The van der Waals surface area contributed by atoms with Gasteiger partial charge in [0.2, 0.25) is 5.78 Å². The van der Waals surface area contributed by atoms with E-state index in [1.54, 1.807) is 24.3 Å². The van der Waals surface area contributed by atoms with E-state index in [-0.39, 0.29) is 5.78 Å². The highest BCUT2D eigenvalue weighted by atomic mass is 16.5. The van der Waals surface area contributed by atoms with Crippen molar-refractivity contribution in [2.24, 2.45) is 0 Å². The van der Waals surface area contributed by atoms with Crippen molar-refractivity contribution in [2.75, 3.05) is 6.61 Å². The first-order valence-electron chi connectivity index (χ1n) is 7.21. The smallest absolute Gasteiger partial charge is 0.231 e. The Labute approximate surface area is 129 Å². The second kappa shape index (κ2) is 6.31. The van der Waals surface area contributed by atoms with E-state index in [0.29, 0.717) is 29.4 Å². The van der Waals surface area contributed by atoms with Crippen LogP contribution in [0.4, 0.5) is 0 Å². The van der Waals surface area contributed by atoms with Crippen molar-refractivity contribution in [3.63, 3.8) is 0 Å². The number of ketones is 1. The molecule has 0 bridgehead atoms. The topological polar surface area (TPSA) is 35.5 Å². The van der Waals surface area contributed by atoms with Gasteiger partial charge in [0, 0.05) is 6.07 Å². The third kappa shape index (κ3) is 2.93. The van der Waals surface area contributed by atoms with E-state index in [1.807, 2.05) is 49.4 Å². The van der Waals surface area contributed by atoms with Crippen LogP contribution in [0.15, 0.2) is 66.4 Å². The summed E-state index contributed by atoms with van der Waals surface area (Å²) >= 11 is 0. The molecule has 3 heteroatoms. The Balaban J connectivity index is 1.78. The molecule has 0 aromatic heterocycles. The average molecular weight is 292 g/mol. The SMILES string of the molecule is CCOc1ccc2c(c1)O/C(=C\C=C\c1ccccc1)C2=O. The number of carbonyl (C=O) groups is 1. The number of Topliss-reactive ketones (excluding diaryl/α,β-unsaturated/α-hetero) is 1. The van der Waals surface area contributed by atoms with Gasteiger partial charge in [-0.05, 0) is 30.7 Å². The third-order valence-corrected chi connectivity index (χ3v) is 3.29. The van der Waals surface area contributed by atoms with Crippen molar-refractivity contribution in [3.05, 3.63) is 77.6 Å². The summed E-state index contributed by atoms with van der Waals surface area (Å²) in [5.74, 6) is 1.48. The standard InChI is InChI=1S/C19H16O3/c1-2-21-15-11-12-16-18(13-15)22-17(19(16)20)10-6-9-14-7-4-3-5-8-14/h3-13H,2H2,1H3/b9-6+,17-10-. The molecule has 0 saturated carbocycles. The molecule has 2 aromatic rings. The van der Waals surface area contributed by atoms with Crippen LogP contribution in [0, 0.1) is 0 Å². The Kier molecular flexibility index (Phi) is 4.05. The zero-order valence-electron chi connectivity index (χ0n) is 12.3. The largest absolute Gasteiger partial charge is 0.494 e. The van der Waals surface area contributed by atoms with E-state index in [0.717, 1.165) is 5.56 Å². The molecule has 1 heterocycles. The summed E-state index contributed by atoms with van der Waals surface area (Å²) < 4.78 is 11.0. The van der Waals surface area contributed by atoms with E-state index in [1.165, 1.54) is 0 Å². The van der Waals surface area contributed by atoms with Crippen molar-refractivity contribution < 1.29 is 14.3 Å². The van der Waals surface area contributed by atoms with E-state index in [4.69, 9.17) is 9.47 Å². The van der Waals surface area contributed by atoms with Crippen LogP contribution in [0.5, 0.6) is 11.5 Å². The van der Waals surface area contributed by atoms with Gasteiger partial charge in [0.25, 0.3) is 0 Å². The van der Waals surface area contributed by atoms with Gasteiger partial charge in [-0.2, -0.15) is 0 Å². The van der Waals surface area contributed by atoms with Gasteiger partial charge in [-0.15, -0.1) is 0 Å². The summed E-state index contributed by atoms with van der Waals surface area (Å²) in [4.78, 5) is 12.2. The summed E-state index contributed by atoms with van der Waals surface area (Å²) in [5, 5.41) is 0. The van der Waals surface area contributed by atoms with Gasteiger partial charge >= 0.3 is 0 Å². The molecule has 0 spiro atoms. The fraction of sp³-hybridized carbons (Fsp3) is 0.105. The maximum Gasteiger partial charge on any atom is 0.231 e. The molecule has 0 fully saturated rings. The molecule has 0 atom stereocenters. The molecule has 0 N–H and O–H groups in total. The molecule has 3 rings (SSSR count). The molecule has 1 aliphatic rings. The molecular formula is C19H16O3. The summed E-state index contributed by atoms with van der Waals surface area (Å²) in [6.07, 6.45) is 5.44. The molecule has 0 amide bonds. The Hall–Kier alpha value is -2.81. The summed E-state index contributed by atoms with van der Waals surface area (Å²) in [6, 6.07) is 15.2. The molecule has 0 saturated heterocycles. The molecule has 0 radical (unpaired) electrons. The summed E-state index contributed by atoms with van der Waals surface area (Å²) in [7, 11) is 0. The molecule has 0 aliphatic carbocycles. The molecule has 3 nitrogen and oxygen atoms in total. The molecule has 22 heavy (non-hydrogen) atoms. The number of carbonyl (C=O) groups excluding carboxylic acids is 1. The molecule has 0 unspecified atom stereocenters.